The summed E-state index contributed by atoms with van der Waals surface area (Å²) in [6.45, 7) is 4.59. The minimum atomic E-state index is -0.351. The average Bonchev–Trinajstić information content (AvgIpc) is 2.49. The number of carbonyl (C=O) groups excluding carboxylic acids is 1. The van der Waals surface area contributed by atoms with Crippen molar-refractivity contribution in [3.05, 3.63) is 35.9 Å². The van der Waals surface area contributed by atoms with Crippen molar-refractivity contribution in [2.45, 2.75) is 46.1 Å². The lowest BCUT2D eigenvalue weighted by molar-refractivity contribution is -0.139. The molecule has 0 saturated heterocycles. The fourth-order valence-corrected chi connectivity index (χ4v) is 2.01. The fourth-order valence-electron chi connectivity index (χ4n) is 2.01. The van der Waals surface area contributed by atoms with E-state index in [0.717, 1.165) is 24.3 Å². The second kappa shape index (κ2) is 9.87. The number of methoxy groups -OCH3 is 1. The molecule has 0 fully saturated rings. The predicted octanol–water partition coefficient (Wildman–Crippen LogP) is 4.22. The van der Waals surface area contributed by atoms with E-state index in [2.05, 4.69) is 13.8 Å². The average molecular weight is 306 g/mol. The molecule has 0 bridgehead atoms. The van der Waals surface area contributed by atoms with Gasteiger partial charge in [-0.15, -0.1) is 0 Å². The van der Waals surface area contributed by atoms with Crippen molar-refractivity contribution < 1.29 is 19.4 Å². The number of hydrogen-bond donors (Lipinski definition) is 1. The van der Waals surface area contributed by atoms with Gasteiger partial charge in [0.15, 0.2) is 11.5 Å². The van der Waals surface area contributed by atoms with Gasteiger partial charge in [-0.3, -0.25) is 0 Å². The van der Waals surface area contributed by atoms with Crippen molar-refractivity contribution in [1.82, 2.24) is 0 Å². The molecule has 0 aromatic heterocycles. The van der Waals surface area contributed by atoms with Crippen LogP contribution in [0.4, 0.5) is 0 Å². The van der Waals surface area contributed by atoms with Crippen molar-refractivity contribution in [2.75, 3.05) is 7.11 Å². The predicted molar refractivity (Wildman–Crippen MR) is 86.9 cm³/mol. The lowest BCUT2D eigenvalue weighted by atomic mass is 10.1. The molecular weight excluding hydrogens is 280 g/mol. The normalized spacial score (nSPS) is 11.1. The molecule has 0 saturated carbocycles. The van der Waals surface area contributed by atoms with Crippen LogP contribution in [-0.4, -0.2) is 18.2 Å². The SMILES string of the molecule is COc1cc(COC(=O)C=CCCCCC(C)C)ccc1O. The highest BCUT2D eigenvalue weighted by molar-refractivity contribution is 5.81. The summed E-state index contributed by atoms with van der Waals surface area (Å²) in [6, 6.07) is 4.87. The molecule has 122 valence electrons. The fraction of sp³-hybridized carbons (Fsp3) is 0.500. The van der Waals surface area contributed by atoms with Gasteiger partial charge < -0.3 is 14.6 Å². The first-order valence-corrected chi connectivity index (χ1v) is 7.72. The molecule has 0 radical (unpaired) electrons. The van der Waals surface area contributed by atoms with Crippen LogP contribution in [0.15, 0.2) is 30.4 Å². The van der Waals surface area contributed by atoms with E-state index in [0.29, 0.717) is 5.75 Å². The van der Waals surface area contributed by atoms with Crippen molar-refractivity contribution in [3.63, 3.8) is 0 Å². The molecule has 0 aliphatic carbocycles. The Morgan fingerprint density at radius 1 is 1.32 bits per heavy atom. The van der Waals surface area contributed by atoms with Crippen molar-refractivity contribution in [2.24, 2.45) is 5.92 Å². The minimum Gasteiger partial charge on any atom is -0.504 e. The molecular formula is C18H26O4. The van der Waals surface area contributed by atoms with Gasteiger partial charge >= 0.3 is 5.97 Å². The molecule has 0 aliphatic heterocycles. The van der Waals surface area contributed by atoms with Crippen molar-refractivity contribution in [1.29, 1.82) is 0 Å². The molecule has 4 nitrogen and oxygen atoms in total. The number of benzene rings is 1. The van der Waals surface area contributed by atoms with Gasteiger partial charge in [0.2, 0.25) is 0 Å². The Bertz CT molecular complexity index is 492. The maximum atomic E-state index is 11.6. The van der Waals surface area contributed by atoms with E-state index in [1.807, 2.05) is 6.08 Å². The van der Waals surface area contributed by atoms with Crippen LogP contribution < -0.4 is 4.74 Å². The van der Waals surface area contributed by atoms with E-state index in [1.165, 1.54) is 32.1 Å². The molecule has 0 atom stereocenters. The molecule has 1 aromatic rings. The highest BCUT2D eigenvalue weighted by Crippen LogP contribution is 2.26. The van der Waals surface area contributed by atoms with E-state index in [4.69, 9.17) is 9.47 Å². The number of rotatable bonds is 9. The summed E-state index contributed by atoms with van der Waals surface area (Å²) >= 11 is 0. The quantitative estimate of drug-likeness (QED) is 0.422. The number of carbonyl (C=O) groups is 1. The van der Waals surface area contributed by atoms with E-state index < -0.39 is 0 Å². The Balaban J connectivity index is 2.28. The summed E-state index contributed by atoms with van der Waals surface area (Å²) in [5, 5.41) is 9.49. The number of esters is 1. The third kappa shape index (κ3) is 7.16. The third-order valence-electron chi connectivity index (χ3n) is 3.28. The summed E-state index contributed by atoms with van der Waals surface area (Å²) in [5.74, 6) is 0.820. The molecule has 0 aliphatic rings. The molecule has 0 spiro atoms. The third-order valence-corrected chi connectivity index (χ3v) is 3.28. The number of phenolic OH excluding ortho intramolecular Hbond substituents is 1. The second-order valence-corrected chi connectivity index (χ2v) is 5.69. The van der Waals surface area contributed by atoms with Gasteiger partial charge in [-0.05, 0) is 36.5 Å². The molecule has 1 rings (SSSR count). The van der Waals surface area contributed by atoms with Gasteiger partial charge in [0.25, 0.3) is 0 Å². The number of aromatic hydroxyl groups is 1. The lowest BCUT2D eigenvalue weighted by Gasteiger charge is -2.06. The molecule has 0 amide bonds. The zero-order valence-electron chi connectivity index (χ0n) is 13.7. The van der Waals surface area contributed by atoms with Gasteiger partial charge in [-0.2, -0.15) is 0 Å². The zero-order chi connectivity index (χ0) is 16.4. The van der Waals surface area contributed by atoms with E-state index in [9.17, 15) is 9.90 Å². The van der Waals surface area contributed by atoms with E-state index in [-0.39, 0.29) is 18.3 Å². The smallest absolute Gasteiger partial charge is 0.330 e. The standard InChI is InChI=1S/C18H26O4/c1-14(2)8-6-4-5-7-9-18(20)22-13-15-10-11-16(19)17(12-15)21-3/h7,9-12,14,19H,4-6,8,13H2,1-3H3. The molecule has 0 heterocycles. The number of ether oxygens (including phenoxy) is 2. The molecule has 1 N–H and O–H groups in total. The molecule has 4 heteroatoms. The zero-order valence-corrected chi connectivity index (χ0v) is 13.7. The van der Waals surface area contributed by atoms with Gasteiger partial charge in [0.05, 0.1) is 7.11 Å². The number of phenols is 1. The van der Waals surface area contributed by atoms with Crippen LogP contribution in [-0.2, 0) is 16.1 Å². The van der Waals surface area contributed by atoms with Crippen molar-refractivity contribution >= 4 is 5.97 Å². The number of allylic oxidation sites excluding steroid dienone is 1. The first-order valence-electron chi connectivity index (χ1n) is 7.72. The van der Waals surface area contributed by atoms with Gasteiger partial charge in [0.1, 0.15) is 6.61 Å². The summed E-state index contributed by atoms with van der Waals surface area (Å²) in [6.07, 6.45) is 7.74. The maximum Gasteiger partial charge on any atom is 0.330 e. The van der Waals surface area contributed by atoms with Crippen molar-refractivity contribution in [3.8, 4) is 11.5 Å². The summed E-state index contributed by atoms with van der Waals surface area (Å²) in [4.78, 5) is 11.6. The van der Waals surface area contributed by atoms with Crippen LogP contribution in [0.5, 0.6) is 11.5 Å². The summed E-state index contributed by atoms with van der Waals surface area (Å²) < 4.78 is 10.2. The monoisotopic (exact) mass is 306 g/mol. The van der Waals surface area contributed by atoms with E-state index in [1.54, 1.807) is 12.1 Å². The summed E-state index contributed by atoms with van der Waals surface area (Å²) in [5.41, 5.74) is 0.772. The Morgan fingerprint density at radius 2 is 2.09 bits per heavy atom. The van der Waals surface area contributed by atoms with Crippen LogP contribution in [0, 0.1) is 5.92 Å². The Kier molecular flexibility index (Phi) is 8.11. The van der Waals surface area contributed by atoms with Gasteiger partial charge in [0, 0.05) is 6.08 Å². The Morgan fingerprint density at radius 3 is 2.77 bits per heavy atom. The number of hydrogen-bond acceptors (Lipinski definition) is 4. The summed E-state index contributed by atoms with van der Waals surface area (Å²) in [7, 11) is 1.48. The Labute approximate surface area is 132 Å². The molecule has 0 unspecified atom stereocenters. The topological polar surface area (TPSA) is 55.8 Å². The number of unbranched alkanes of at least 4 members (excludes halogenated alkanes) is 2. The largest absolute Gasteiger partial charge is 0.504 e. The minimum absolute atomic E-state index is 0.0684. The second-order valence-electron chi connectivity index (χ2n) is 5.69. The van der Waals surface area contributed by atoms with Crippen LogP contribution >= 0.6 is 0 Å². The maximum absolute atomic E-state index is 11.6. The van der Waals surface area contributed by atoms with E-state index >= 15 is 0 Å². The first-order chi connectivity index (χ1) is 10.5. The van der Waals surface area contributed by atoms with Gasteiger partial charge in [-0.25, -0.2) is 4.79 Å². The lowest BCUT2D eigenvalue weighted by Crippen LogP contribution is -2.01. The Hall–Kier alpha value is -1.97. The van der Waals surface area contributed by atoms with Crippen LogP contribution in [0.2, 0.25) is 0 Å². The van der Waals surface area contributed by atoms with Crippen LogP contribution in [0.1, 0.15) is 45.1 Å². The first kappa shape index (κ1) is 18.1. The molecule has 1 aromatic carbocycles. The molecule has 22 heavy (non-hydrogen) atoms. The van der Waals surface area contributed by atoms with Crippen LogP contribution in [0.25, 0.3) is 0 Å². The highest BCUT2D eigenvalue weighted by atomic mass is 16.5. The van der Waals surface area contributed by atoms with Gasteiger partial charge in [-0.1, -0.05) is 38.8 Å². The van der Waals surface area contributed by atoms with Crippen LogP contribution in [0.3, 0.4) is 0 Å². The highest BCUT2D eigenvalue weighted by Gasteiger charge is 2.04.